The van der Waals surface area contributed by atoms with E-state index in [2.05, 4.69) is 11.8 Å². The van der Waals surface area contributed by atoms with Gasteiger partial charge in [-0.3, -0.25) is 9.69 Å². The highest BCUT2D eigenvalue weighted by Gasteiger charge is 2.27. The second-order valence-electron chi connectivity index (χ2n) is 7.61. The minimum absolute atomic E-state index is 0.0602. The van der Waals surface area contributed by atoms with Gasteiger partial charge < -0.3 is 4.90 Å². The molecule has 1 aromatic heterocycles. The Morgan fingerprint density at radius 3 is 2.43 bits per heavy atom. The first-order chi connectivity index (χ1) is 14.6. The van der Waals surface area contributed by atoms with Crippen molar-refractivity contribution in [1.29, 1.82) is 0 Å². The highest BCUT2D eigenvalue weighted by atomic mass is 32.1. The first kappa shape index (κ1) is 20.7. The van der Waals surface area contributed by atoms with Gasteiger partial charge in [-0.05, 0) is 36.2 Å². The molecular weight excluding hydrogens is 397 g/mol. The first-order valence-corrected chi connectivity index (χ1v) is 11.3. The molecule has 0 N–H and O–H groups in total. The highest BCUT2D eigenvalue weighted by Crippen LogP contribution is 2.25. The van der Waals surface area contributed by atoms with Crippen molar-refractivity contribution in [3.8, 4) is 11.3 Å². The summed E-state index contributed by atoms with van der Waals surface area (Å²) in [5, 5.41) is 3.07. The fourth-order valence-electron chi connectivity index (χ4n) is 3.91. The van der Waals surface area contributed by atoms with Crippen molar-refractivity contribution in [2.24, 2.45) is 0 Å². The second-order valence-corrected chi connectivity index (χ2v) is 8.55. The van der Waals surface area contributed by atoms with Gasteiger partial charge >= 0.3 is 0 Å². The van der Waals surface area contributed by atoms with E-state index in [4.69, 9.17) is 4.98 Å². The molecule has 0 aliphatic carbocycles. The molecule has 0 spiro atoms. The van der Waals surface area contributed by atoms with Crippen LogP contribution in [0.15, 0.2) is 60.0 Å². The molecule has 0 unspecified atom stereocenters. The number of rotatable bonds is 6. The Hall–Kier alpha value is -2.57. The maximum Gasteiger partial charge on any atom is 0.230 e. The largest absolute Gasteiger partial charge is 0.340 e. The van der Waals surface area contributed by atoms with Gasteiger partial charge in [0.1, 0.15) is 10.8 Å². The van der Waals surface area contributed by atoms with Gasteiger partial charge in [0, 0.05) is 37.1 Å². The second kappa shape index (κ2) is 9.49. The number of amides is 1. The summed E-state index contributed by atoms with van der Waals surface area (Å²) >= 11 is 1.63. The summed E-state index contributed by atoms with van der Waals surface area (Å²) in [6, 6.07) is 16.5. The molecule has 0 bridgehead atoms. The van der Waals surface area contributed by atoms with Crippen LogP contribution in [0.4, 0.5) is 4.39 Å². The molecule has 156 valence electrons. The molecule has 1 amide bonds. The lowest BCUT2D eigenvalue weighted by Gasteiger charge is -2.36. The van der Waals surface area contributed by atoms with Gasteiger partial charge in [0.25, 0.3) is 0 Å². The maximum absolute atomic E-state index is 13.1. The number of hydrogen-bond donors (Lipinski definition) is 0. The average molecular weight is 424 g/mol. The molecule has 2 aromatic carbocycles. The summed E-state index contributed by atoms with van der Waals surface area (Å²) in [5.74, 6) is -0.0645. The van der Waals surface area contributed by atoms with Crippen LogP contribution in [-0.2, 0) is 11.3 Å². The van der Waals surface area contributed by atoms with Crippen molar-refractivity contribution in [3.05, 3.63) is 76.4 Å². The fourth-order valence-corrected chi connectivity index (χ4v) is 4.76. The number of carbonyl (C=O) groups excluding carboxylic acids is 1. The van der Waals surface area contributed by atoms with E-state index in [1.54, 1.807) is 23.5 Å². The van der Waals surface area contributed by atoms with Crippen LogP contribution in [-0.4, -0.2) is 46.9 Å². The molecule has 1 aliphatic heterocycles. The van der Waals surface area contributed by atoms with E-state index in [0.717, 1.165) is 61.0 Å². The number of halogens is 1. The number of carbonyl (C=O) groups is 1. The van der Waals surface area contributed by atoms with Crippen LogP contribution in [0.5, 0.6) is 0 Å². The van der Waals surface area contributed by atoms with Crippen molar-refractivity contribution < 1.29 is 9.18 Å². The van der Waals surface area contributed by atoms with Crippen LogP contribution >= 0.6 is 11.3 Å². The lowest BCUT2D eigenvalue weighted by molar-refractivity contribution is -0.134. The lowest BCUT2D eigenvalue weighted by Crippen LogP contribution is -2.49. The minimum atomic E-state index is -0.237. The van der Waals surface area contributed by atoms with Crippen LogP contribution in [0.25, 0.3) is 11.3 Å². The van der Waals surface area contributed by atoms with Crippen LogP contribution in [0, 0.1) is 5.82 Å². The lowest BCUT2D eigenvalue weighted by atomic mass is 9.95. The summed E-state index contributed by atoms with van der Waals surface area (Å²) in [5.41, 5.74) is 2.92. The zero-order chi connectivity index (χ0) is 20.9. The molecule has 0 radical (unpaired) electrons. The van der Waals surface area contributed by atoms with Crippen LogP contribution in [0.3, 0.4) is 0 Å². The number of benzene rings is 2. The Balaban J connectivity index is 1.32. The predicted octanol–water partition coefficient (Wildman–Crippen LogP) is 4.79. The molecule has 4 nitrogen and oxygen atoms in total. The van der Waals surface area contributed by atoms with Gasteiger partial charge in [-0.2, -0.15) is 0 Å². The van der Waals surface area contributed by atoms with Crippen molar-refractivity contribution in [1.82, 2.24) is 14.8 Å². The third-order valence-electron chi connectivity index (χ3n) is 5.64. The Kier molecular flexibility index (Phi) is 6.55. The van der Waals surface area contributed by atoms with Crippen LogP contribution < -0.4 is 0 Å². The number of hydrogen-bond acceptors (Lipinski definition) is 4. The van der Waals surface area contributed by atoms with Crippen LogP contribution in [0.1, 0.15) is 29.8 Å². The highest BCUT2D eigenvalue weighted by molar-refractivity contribution is 7.09. The number of aromatic nitrogens is 1. The van der Waals surface area contributed by atoms with Crippen molar-refractivity contribution in [3.63, 3.8) is 0 Å². The summed E-state index contributed by atoms with van der Waals surface area (Å²) in [7, 11) is 0. The zero-order valence-corrected chi connectivity index (χ0v) is 17.9. The van der Waals surface area contributed by atoms with E-state index >= 15 is 0 Å². The Labute approximate surface area is 181 Å². The maximum atomic E-state index is 13.1. The molecule has 0 saturated carbocycles. The smallest absolute Gasteiger partial charge is 0.230 e. The van der Waals surface area contributed by atoms with Crippen molar-refractivity contribution in [2.45, 2.75) is 25.8 Å². The van der Waals surface area contributed by atoms with E-state index in [0.29, 0.717) is 0 Å². The fraction of sp³-hybridized carbons (Fsp3) is 0.333. The quantitative estimate of drug-likeness (QED) is 0.572. The monoisotopic (exact) mass is 423 g/mol. The molecule has 3 aromatic rings. The van der Waals surface area contributed by atoms with E-state index in [-0.39, 0.29) is 17.6 Å². The molecule has 1 fully saturated rings. The molecule has 6 heteroatoms. The van der Waals surface area contributed by atoms with Crippen molar-refractivity contribution >= 4 is 17.2 Å². The van der Waals surface area contributed by atoms with Gasteiger partial charge in [0.15, 0.2) is 0 Å². The van der Waals surface area contributed by atoms with Crippen molar-refractivity contribution in [2.75, 3.05) is 26.2 Å². The molecular formula is C24H26FN3OS. The van der Waals surface area contributed by atoms with Gasteiger partial charge in [-0.1, -0.05) is 37.3 Å². The van der Waals surface area contributed by atoms with E-state index in [1.807, 2.05) is 40.6 Å². The van der Waals surface area contributed by atoms with Gasteiger partial charge in [-0.25, -0.2) is 9.37 Å². The SMILES string of the molecule is CC[C@@H](C(=O)N1CCN(Cc2nc(-c3ccc(F)cc3)cs2)CC1)c1ccccc1. The normalized spacial score (nSPS) is 15.9. The predicted molar refractivity (Wildman–Crippen MR) is 119 cm³/mol. The summed E-state index contributed by atoms with van der Waals surface area (Å²) < 4.78 is 13.1. The molecule has 2 heterocycles. The molecule has 1 saturated heterocycles. The van der Waals surface area contributed by atoms with E-state index in [1.165, 1.54) is 12.1 Å². The number of piperazine rings is 1. The third kappa shape index (κ3) is 4.77. The van der Waals surface area contributed by atoms with Gasteiger partial charge in [-0.15, -0.1) is 11.3 Å². The molecule has 4 rings (SSSR count). The van der Waals surface area contributed by atoms with Gasteiger partial charge in [0.05, 0.1) is 18.2 Å². The molecule has 30 heavy (non-hydrogen) atoms. The summed E-state index contributed by atoms with van der Waals surface area (Å²) in [4.78, 5) is 22.1. The number of thiazole rings is 1. The van der Waals surface area contributed by atoms with Crippen LogP contribution in [0.2, 0.25) is 0 Å². The number of nitrogens with zero attached hydrogens (tertiary/aromatic N) is 3. The molecule has 1 atom stereocenters. The summed E-state index contributed by atoms with van der Waals surface area (Å²) in [6.45, 7) is 6.05. The first-order valence-electron chi connectivity index (χ1n) is 10.4. The molecule has 1 aliphatic rings. The van der Waals surface area contributed by atoms with E-state index < -0.39 is 0 Å². The average Bonchev–Trinajstić information content (AvgIpc) is 3.24. The zero-order valence-electron chi connectivity index (χ0n) is 17.1. The third-order valence-corrected chi connectivity index (χ3v) is 6.48. The minimum Gasteiger partial charge on any atom is -0.340 e. The Bertz CT molecular complexity index is 966. The Morgan fingerprint density at radius 2 is 1.77 bits per heavy atom. The Morgan fingerprint density at radius 1 is 1.07 bits per heavy atom. The summed E-state index contributed by atoms with van der Waals surface area (Å²) in [6.07, 6.45) is 0.814. The van der Waals surface area contributed by atoms with E-state index in [9.17, 15) is 9.18 Å². The topological polar surface area (TPSA) is 36.4 Å². The standard InChI is InChI=1S/C24H26FN3OS/c1-2-21(18-6-4-3-5-7-18)24(29)28-14-12-27(13-15-28)16-23-26-22(17-30-23)19-8-10-20(25)11-9-19/h3-11,17,21H,2,12-16H2,1H3/t21-/m1/s1. The van der Waals surface area contributed by atoms with Gasteiger partial charge in [0.2, 0.25) is 5.91 Å².